The zero-order valence-electron chi connectivity index (χ0n) is 7.81. The van der Waals surface area contributed by atoms with Gasteiger partial charge in [-0.1, -0.05) is 19.1 Å². The summed E-state index contributed by atoms with van der Waals surface area (Å²) < 4.78 is 36.6. The Balaban J connectivity index is 2.65. The van der Waals surface area contributed by atoms with Gasteiger partial charge in [-0.05, 0) is 24.1 Å². The summed E-state index contributed by atoms with van der Waals surface area (Å²) in [6.45, 7) is 1.18. The van der Waals surface area contributed by atoms with Crippen LogP contribution >= 0.6 is 0 Å². The molecule has 0 heterocycles. The van der Waals surface area contributed by atoms with Crippen LogP contribution in [0.3, 0.4) is 0 Å². The predicted octanol–water partition coefficient (Wildman–Crippen LogP) is 3.01. The van der Waals surface area contributed by atoms with Gasteiger partial charge in [0, 0.05) is 5.69 Å². The smallest absolute Gasteiger partial charge is 0.391 e. The van der Waals surface area contributed by atoms with Crippen LogP contribution in [0.2, 0.25) is 0 Å². The van der Waals surface area contributed by atoms with Gasteiger partial charge < -0.3 is 5.73 Å². The Morgan fingerprint density at radius 3 is 2.14 bits per heavy atom. The normalized spacial score (nSPS) is 14.0. The third kappa shape index (κ3) is 2.94. The van der Waals surface area contributed by atoms with Gasteiger partial charge in [-0.3, -0.25) is 0 Å². The molecule has 78 valence electrons. The molecule has 0 radical (unpaired) electrons. The Hall–Kier alpha value is -1.19. The van der Waals surface area contributed by atoms with Crippen LogP contribution in [-0.4, -0.2) is 6.18 Å². The van der Waals surface area contributed by atoms with Crippen molar-refractivity contribution < 1.29 is 13.2 Å². The zero-order valence-corrected chi connectivity index (χ0v) is 7.81. The van der Waals surface area contributed by atoms with E-state index in [4.69, 9.17) is 5.73 Å². The second-order valence-corrected chi connectivity index (χ2v) is 3.39. The molecular weight excluding hydrogens is 191 g/mol. The van der Waals surface area contributed by atoms with Gasteiger partial charge in [-0.25, -0.2) is 0 Å². The summed E-state index contributed by atoms with van der Waals surface area (Å²) in [6.07, 6.45) is -4.12. The minimum absolute atomic E-state index is 0.00375. The van der Waals surface area contributed by atoms with Crippen molar-refractivity contribution in [2.45, 2.75) is 19.5 Å². The lowest BCUT2D eigenvalue weighted by molar-refractivity contribution is -0.169. The topological polar surface area (TPSA) is 26.0 Å². The highest BCUT2D eigenvalue weighted by Crippen LogP contribution is 2.28. The van der Waals surface area contributed by atoms with Gasteiger partial charge in [0.2, 0.25) is 0 Å². The van der Waals surface area contributed by atoms with E-state index in [-0.39, 0.29) is 6.42 Å². The molecule has 1 aromatic carbocycles. The van der Waals surface area contributed by atoms with Gasteiger partial charge in [0.25, 0.3) is 0 Å². The fraction of sp³-hybridized carbons (Fsp3) is 0.400. The molecule has 0 saturated heterocycles. The molecule has 0 saturated carbocycles. The number of alkyl halides is 3. The van der Waals surface area contributed by atoms with Gasteiger partial charge in [0.1, 0.15) is 0 Å². The lowest BCUT2D eigenvalue weighted by atomic mass is 10.0. The van der Waals surface area contributed by atoms with E-state index in [0.717, 1.165) is 0 Å². The third-order valence-corrected chi connectivity index (χ3v) is 2.08. The van der Waals surface area contributed by atoms with Crippen LogP contribution in [0.25, 0.3) is 0 Å². The minimum atomic E-state index is -4.12. The van der Waals surface area contributed by atoms with Gasteiger partial charge in [0.05, 0.1) is 5.92 Å². The number of anilines is 1. The van der Waals surface area contributed by atoms with Crippen LogP contribution < -0.4 is 5.73 Å². The molecule has 0 aliphatic carbocycles. The summed E-state index contributed by atoms with van der Waals surface area (Å²) >= 11 is 0. The number of nitrogen functional groups attached to an aromatic ring is 1. The number of hydrogen-bond donors (Lipinski definition) is 1. The van der Waals surface area contributed by atoms with Crippen molar-refractivity contribution in [1.29, 1.82) is 0 Å². The van der Waals surface area contributed by atoms with Crippen molar-refractivity contribution in [3.63, 3.8) is 0 Å². The lowest BCUT2D eigenvalue weighted by Crippen LogP contribution is -2.21. The van der Waals surface area contributed by atoms with Crippen LogP contribution in [0.15, 0.2) is 24.3 Å². The maximum absolute atomic E-state index is 12.2. The van der Waals surface area contributed by atoms with E-state index in [9.17, 15) is 13.2 Å². The molecule has 0 amide bonds. The molecular formula is C10H12F3N. The fourth-order valence-corrected chi connectivity index (χ4v) is 1.12. The minimum Gasteiger partial charge on any atom is -0.399 e. The highest BCUT2D eigenvalue weighted by atomic mass is 19.4. The summed E-state index contributed by atoms with van der Waals surface area (Å²) in [5, 5.41) is 0. The molecule has 0 aliphatic rings. The molecule has 0 spiro atoms. The van der Waals surface area contributed by atoms with Crippen molar-refractivity contribution in [2.75, 3.05) is 5.73 Å². The number of benzene rings is 1. The maximum Gasteiger partial charge on any atom is 0.391 e. The van der Waals surface area contributed by atoms with Crippen molar-refractivity contribution in [3.8, 4) is 0 Å². The number of nitrogens with two attached hydrogens (primary N) is 1. The Labute approximate surface area is 80.7 Å². The van der Waals surface area contributed by atoms with Crippen molar-refractivity contribution in [3.05, 3.63) is 29.8 Å². The summed E-state index contributed by atoms with van der Waals surface area (Å²) in [6, 6.07) is 6.46. The van der Waals surface area contributed by atoms with Crippen LogP contribution in [-0.2, 0) is 6.42 Å². The lowest BCUT2D eigenvalue weighted by Gasteiger charge is -2.15. The molecule has 0 fully saturated rings. The highest BCUT2D eigenvalue weighted by Gasteiger charge is 2.35. The fourth-order valence-electron chi connectivity index (χ4n) is 1.12. The predicted molar refractivity (Wildman–Crippen MR) is 49.8 cm³/mol. The van der Waals surface area contributed by atoms with Gasteiger partial charge in [-0.2, -0.15) is 13.2 Å². The molecule has 0 bridgehead atoms. The molecule has 0 aromatic heterocycles. The number of hydrogen-bond acceptors (Lipinski definition) is 1. The van der Waals surface area contributed by atoms with E-state index in [1.165, 1.54) is 6.92 Å². The Morgan fingerprint density at radius 2 is 1.71 bits per heavy atom. The molecule has 0 aliphatic heterocycles. The van der Waals surface area contributed by atoms with Gasteiger partial charge >= 0.3 is 6.18 Å². The van der Waals surface area contributed by atoms with E-state index in [0.29, 0.717) is 11.3 Å². The number of rotatable bonds is 2. The second kappa shape index (κ2) is 3.90. The van der Waals surface area contributed by atoms with E-state index >= 15 is 0 Å². The van der Waals surface area contributed by atoms with Crippen molar-refractivity contribution >= 4 is 5.69 Å². The molecule has 4 heteroatoms. The molecule has 2 N–H and O–H groups in total. The second-order valence-electron chi connectivity index (χ2n) is 3.39. The van der Waals surface area contributed by atoms with E-state index in [1.54, 1.807) is 24.3 Å². The summed E-state index contributed by atoms with van der Waals surface area (Å²) in [7, 11) is 0. The molecule has 1 rings (SSSR count). The third-order valence-electron chi connectivity index (χ3n) is 2.08. The standard InChI is InChI=1S/C10H12F3N/c1-7(10(11,12)13)6-8-2-4-9(14)5-3-8/h2-5,7H,6,14H2,1H3. The average molecular weight is 203 g/mol. The largest absolute Gasteiger partial charge is 0.399 e. The molecule has 1 aromatic rings. The average Bonchev–Trinajstić information content (AvgIpc) is 2.07. The first-order valence-electron chi connectivity index (χ1n) is 4.30. The number of halogens is 3. The highest BCUT2D eigenvalue weighted by molar-refractivity contribution is 5.39. The van der Waals surface area contributed by atoms with Crippen LogP contribution in [0.1, 0.15) is 12.5 Å². The molecule has 1 unspecified atom stereocenters. The van der Waals surface area contributed by atoms with E-state index in [2.05, 4.69) is 0 Å². The Kier molecular flexibility index (Phi) is 3.03. The monoisotopic (exact) mass is 203 g/mol. The first-order chi connectivity index (χ1) is 6.39. The molecule has 1 nitrogen and oxygen atoms in total. The van der Waals surface area contributed by atoms with Crippen LogP contribution in [0.4, 0.5) is 18.9 Å². The van der Waals surface area contributed by atoms with Crippen molar-refractivity contribution in [2.24, 2.45) is 5.92 Å². The molecule has 14 heavy (non-hydrogen) atoms. The van der Waals surface area contributed by atoms with Gasteiger partial charge in [0.15, 0.2) is 0 Å². The summed E-state index contributed by atoms with van der Waals surface area (Å²) in [5.74, 6) is -1.31. The first kappa shape index (κ1) is 10.9. The molecule has 1 atom stereocenters. The van der Waals surface area contributed by atoms with Gasteiger partial charge in [-0.15, -0.1) is 0 Å². The van der Waals surface area contributed by atoms with E-state index < -0.39 is 12.1 Å². The summed E-state index contributed by atoms with van der Waals surface area (Å²) in [4.78, 5) is 0. The SMILES string of the molecule is CC(Cc1ccc(N)cc1)C(F)(F)F. The van der Waals surface area contributed by atoms with Crippen LogP contribution in [0.5, 0.6) is 0 Å². The maximum atomic E-state index is 12.2. The first-order valence-corrected chi connectivity index (χ1v) is 4.30. The summed E-state index contributed by atoms with van der Waals surface area (Å²) in [5.41, 5.74) is 6.64. The Morgan fingerprint density at radius 1 is 1.21 bits per heavy atom. The van der Waals surface area contributed by atoms with Crippen LogP contribution in [0, 0.1) is 5.92 Å². The zero-order chi connectivity index (χ0) is 10.8. The quantitative estimate of drug-likeness (QED) is 0.734. The Bertz CT molecular complexity index is 289. The van der Waals surface area contributed by atoms with E-state index in [1.807, 2.05) is 0 Å². The van der Waals surface area contributed by atoms with Crippen molar-refractivity contribution in [1.82, 2.24) is 0 Å².